The molecule has 1 aromatic rings. The molecule has 0 aliphatic carbocycles. The Morgan fingerprint density at radius 1 is 1.35 bits per heavy atom. The lowest BCUT2D eigenvalue weighted by atomic mass is 10.2. The zero-order valence-corrected chi connectivity index (χ0v) is 11.3. The summed E-state index contributed by atoms with van der Waals surface area (Å²) in [5.41, 5.74) is 6.22. The maximum absolute atomic E-state index is 11.5. The van der Waals surface area contributed by atoms with Crippen LogP contribution in [-0.2, 0) is 9.53 Å². The first-order chi connectivity index (χ1) is 9.79. The van der Waals surface area contributed by atoms with Crippen LogP contribution in [0, 0.1) is 11.8 Å². The number of amides is 1. The van der Waals surface area contributed by atoms with Crippen LogP contribution in [0.2, 0.25) is 0 Å². The average Bonchev–Trinajstić information content (AvgIpc) is 2.48. The molecule has 0 saturated carbocycles. The standard InChI is InChI=1S/C15H18N2O3/c16-7-1-2-13-3-5-14(6-4-13)20-11-9-17-8-10-19-12-15(17)18/h3-6H,7-12,16H2. The molecule has 5 nitrogen and oxygen atoms in total. The van der Waals surface area contributed by atoms with Crippen molar-refractivity contribution < 1.29 is 14.3 Å². The van der Waals surface area contributed by atoms with Gasteiger partial charge in [0.05, 0.1) is 19.7 Å². The summed E-state index contributed by atoms with van der Waals surface area (Å²) in [6, 6.07) is 7.50. The summed E-state index contributed by atoms with van der Waals surface area (Å²) in [5.74, 6) is 6.53. The summed E-state index contributed by atoms with van der Waals surface area (Å²) in [7, 11) is 0. The number of hydrogen-bond donors (Lipinski definition) is 1. The number of nitrogens with zero attached hydrogens (tertiary/aromatic N) is 1. The average molecular weight is 274 g/mol. The number of nitrogens with two attached hydrogens (primary N) is 1. The molecule has 0 aromatic heterocycles. The Labute approximate surface area is 118 Å². The molecule has 1 amide bonds. The molecule has 0 atom stereocenters. The van der Waals surface area contributed by atoms with Crippen molar-refractivity contribution in [1.82, 2.24) is 4.90 Å². The van der Waals surface area contributed by atoms with E-state index in [9.17, 15) is 4.79 Å². The van der Waals surface area contributed by atoms with Gasteiger partial charge in [-0.15, -0.1) is 0 Å². The summed E-state index contributed by atoms with van der Waals surface area (Å²) >= 11 is 0. The van der Waals surface area contributed by atoms with Crippen molar-refractivity contribution >= 4 is 5.91 Å². The fourth-order valence-electron chi connectivity index (χ4n) is 1.85. The number of benzene rings is 1. The summed E-state index contributed by atoms with van der Waals surface area (Å²) in [6.45, 7) is 2.81. The number of rotatable bonds is 4. The Morgan fingerprint density at radius 2 is 2.15 bits per heavy atom. The largest absolute Gasteiger partial charge is 0.492 e. The fourth-order valence-corrected chi connectivity index (χ4v) is 1.85. The quantitative estimate of drug-likeness (QED) is 0.799. The summed E-state index contributed by atoms with van der Waals surface area (Å²) in [5, 5.41) is 0. The first-order valence-electron chi connectivity index (χ1n) is 6.57. The maximum atomic E-state index is 11.5. The maximum Gasteiger partial charge on any atom is 0.248 e. The number of carbonyl (C=O) groups is 1. The van der Waals surface area contributed by atoms with Crippen LogP contribution in [0.3, 0.4) is 0 Å². The van der Waals surface area contributed by atoms with E-state index in [2.05, 4.69) is 11.8 Å². The lowest BCUT2D eigenvalue weighted by molar-refractivity contribution is -0.143. The summed E-state index contributed by atoms with van der Waals surface area (Å²) in [6.07, 6.45) is 0. The second-order valence-corrected chi connectivity index (χ2v) is 4.31. The van der Waals surface area contributed by atoms with E-state index in [1.165, 1.54) is 0 Å². The van der Waals surface area contributed by atoms with Gasteiger partial charge in [-0.3, -0.25) is 4.79 Å². The fraction of sp³-hybridized carbons (Fsp3) is 0.400. The first kappa shape index (κ1) is 14.4. The zero-order chi connectivity index (χ0) is 14.2. The first-order valence-corrected chi connectivity index (χ1v) is 6.57. The lowest BCUT2D eigenvalue weighted by Crippen LogP contribution is -2.43. The van der Waals surface area contributed by atoms with E-state index in [0.29, 0.717) is 32.8 Å². The van der Waals surface area contributed by atoms with Gasteiger partial charge in [0, 0.05) is 12.1 Å². The van der Waals surface area contributed by atoms with Gasteiger partial charge in [-0.2, -0.15) is 0 Å². The molecule has 2 N–H and O–H groups in total. The van der Waals surface area contributed by atoms with E-state index < -0.39 is 0 Å². The molecule has 1 aliphatic rings. The van der Waals surface area contributed by atoms with Crippen LogP contribution in [0.15, 0.2) is 24.3 Å². The van der Waals surface area contributed by atoms with Gasteiger partial charge in [-0.05, 0) is 24.3 Å². The minimum Gasteiger partial charge on any atom is -0.492 e. The molecule has 1 aliphatic heterocycles. The molecular formula is C15H18N2O3. The summed E-state index contributed by atoms with van der Waals surface area (Å²) < 4.78 is 10.7. The third-order valence-electron chi connectivity index (χ3n) is 2.90. The molecule has 0 radical (unpaired) electrons. The van der Waals surface area contributed by atoms with E-state index in [0.717, 1.165) is 11.3 Å². The second-order valence-electron chi connectivity index (χ2n) is 4.31. The molecule has 0 unspecified atom stereocenters. The lowest BCUT2D eigenvalue weighted by Gasteiger charge is -2.26. The predicted molar refractivity (Wildman–Crippen MR) is 75.3 cm³/mol. The number of ether oxygens (including phenoxy) is 2. The van der Waals surface area contributed by atoms with Crippen molar-refractivity contribution in [3.8, 4) is 17.6 Å². The molecule has 20 heavy (non-hydrogen) atoms. The van der Waals surface area contributed by atoms with Gasteiger partial charge >= 0.3 is 0 Å². The highest BCUT2D eigenvalue weighted by Gasteiger charge is 2.17. The van der Waals surface area contributed by atoms with E-state index in [1.54, 1.807) is 4.90 Å². The predicted octanol–water partition coefficient (Wildman–Crippen LogP) is 0.234. The van der Waals surface area contributed by atoms with Crippen LogP contribution < -0.4 is 10.5 Å². The molecular weight excluding hydrogens is 256 g/mol. The van der Waals surface area contributed by atoms with Crippen molar-refractivity contribution in [2.75, 3.05) is 39.5 Å². The van der Waals surface area contributed by atoms with E-state index >= 15 is 0 Å². The molecule has 0 spiro atoms. The Balaban J connectivity index is 1.77. The van der Waals surface area contributed by atoms with Crippen molar-refractivity contribution in [1.29, 1.82) is 0 Å². The third-order valence-corrected chi connectivity index (χ3v) is 2.90. The second kappa shape index (κ2) is 7.53. The van der Waals surface area contributed by atoms with Gasteiger partial charge in [0.2, 0.25) is 5.91 Å². The zero-order valence-electron chi connectivity index (χ0n) is 11.3. The molecule has 1 aromatic carbocycles. The van der Waals surface area contributed by atoms with E-state index in [4.69, 9.17) is 15.2 Å². The molecule has 5 heteroatoms. The Morgan fingerprint density at radius 3 is 2.85 bits per heavy atom. The highest BCUT2D eigenvalue weighted by atomic mass is 16.5. The van der Waals surface area contributed by atoms with Crippen LogP contribution in [0.4, 0.5) is 0 Å². The smallest absolute Gasteiger partial charge is 0.248 e. The molecule has 2 rings (SSSR count). The highest BCUT2D eigenvalue weighted by molar-refractivity contribution is 5.77. The van der Waals surface area contributed by atoms with E-state index in [1.807, 2.05) is 24.3 Å². The van der Waals surface area contributed by atoms with Gasteiger partial charge in [-0.1, -0.05) is 11.8 Å². The normalized spacial score (nSPS) is 14.7. The van der Waals surface area contributed by atoms with Crippen molar-refractivity contribution in [3.05, 3.63) is 29.8 Å². The molecule has 106 valence electrons. The number of carbonyl (C=O) groups excluding carboxylic acids is 1. The molecule has 0 bridgehead atoms. The van der Waals surface area contributed by atoms with E-state index in [-0.39, 0.29) is 12.5 Å². The van der Waals surface area contributed by atoms with Crippen LogP contribution in [0.25, 0.3) is 0 Å². The Hall–Kier alpha value is -2.03. The Kier molecular flexibility index (Phi) is 5.42. The van der Waals surface area contributed by atoms with Gasteiger partial charge < -0.3 is 20.1 Å². The number of morpholine rings is 1. The van der Waals surface area contributed by atoms with Crippen molar-refractivity contribution in [2.24, 2.45) is 5.73 Å². The SMILES string of the molecule is NCC#Cc1ccc(OCCN2CCOCC2=O)cc1. The topological polar surface area (TPSA) is 64.8 Å². The van der Waals surface area contributed by atoms with Gasteiger partial charge in [0.1, 0.15) is 19.0 Å². The van der Waals surface area contributed by atoms with Crippen LogP contribution in [0.1, 0.15) is 5.56 Å². The number of hydrogen-bond acceptors (Lipinski definition) is 4. The van der Waals surface area contributed by atoms with Gasteiger partial charge in [0.25, 0.3) is 0 Å². The minimum atomic E-state index is 0.0206. The summed E-state index contributed by atoms with van der Waals surface area (Å²) in [4.78, 5) is 13.3. The monoisotopic (exact) mass is 274 g/mol. The molecule has 1 fully saturated rings. The minimum absolute atomic E-state index is 0.0206. The van der Waals surface area contributed by atoms with Crippen LogP contribution >= 0.6 is 0 Å². The van der Waals surface area contributed by atoms with Crippen LogP contribution in [0.5, 0.6) is 5.75 Å². The third kappa shape index (κ3) is 4.26. The van der Waals surface area contributed by atoms with Gasteiger partial charge in [0.15, 0.2) is 0 Å². The molecule has 1 saturated heterocycles. The van der Waals surface area contributed by atoms with Crippen LogP contribution in [-0.4, -0.2) is 50.3 Å². The molecule has 1 heterocycles. The Bertz CT molecular complexity index is 502. The van der Waals surface area contributed by atoms with Crippen molar-refractivity contribution in [3.63, 3.8) is 0 Å². The highest BCUT2D eigenvalue weighted by Crippen LogP contribution is 2.11. The van der Waals surface area contributed by atoms with Gasteiger partial charge in [-0.25, -0.2) is 0 Å². The van der Waals surface area contributed by atoms with Crippen molar-refractivity contribution in [2.45, 2.75) is 0 Å².